The van der Waals surface area contributed by atoms with Gasteiger partial charge in [-0.1, -0.05) is 12.8 Å². The van der Waals surface area contributed by atoms with E-state index in [1.165, 1.54) is 0 Å². The maximum absolute atomic E-state index is 12.0. The average Bonchev–Trinajstić information content (AvgIpc) is 2.53. The van der Waals surface area contributed by atoms with Crippen LogP contribution in [0.4, 0.5) is 13.2 Å². The molecular formula is C9H17F3N2O3S. The van der Waals surface area contributed by atoms with Crippen molar-refractivity contribution in [2.45, 2.75) is 38.0 Å². The minimum absolute atomic E-state index is 0.303. The van der Waals surface area contributed by atoms with Crippen LogP contribution in [0.15, 0.2) is 0 Å². The van der Waals surface area contributed by atoms with E-state index in [0.717, 1.165) is 17.1 Å². The van der Waals surface area contributed by atoms with Gasteiger partial charge >= 0.3 is 6.18 Å². The minimum Gasteiger partial charge on any atom is -0.382 e. The number of hydrogen-bond acceptors (Lipinski definition) is 3. The topological polar surface area (TPSA) is 69.6 Å². The van der Waals surface area contributed by atoms with Crippen LogP contribution in [0.25, 0.3) is 0 Å². The van der Waals surface area contributed by atoms with Crippen LogP contribution in [-0.4, -0.2) is 49.7 Å². The second-order valence-electron chi connectivity index (χ2n) is 4.22. The quantitative estimate of drug-likeness (QED) is 0.797. The minimum atomic E-state index is -4.82. The van der Waals surface area contributed by atoms with Gasteiger partial charge < -0.3 is 5.11 Å². The predicted octanol–water partition coefficient (Wildman–Crippen LogP) is 0.620. The smallest absolute Gasteiger partial charge is 0.382 e. The number of halogens is 3. The molecule has 0 aromatic rings. The molecule has 1 unspecified atom stereocenters. The van der Waals surface area contributed by atoms with Crippen LogP contribution in [0, 0.1) is 0 Å². The van der Waals surface area contributed by atoms with Crippen LogP contribution in [0.2, 0.25) is 0 Å². The molecular weight excluding hydrogens is 273 g/mol. The molecule has 9 heteroatoms. The lowest BCUT2D eigenvalue weighted by Crippen LogP contribution is -2.46. The van der Waals surface area contributed by atoms with Crippen LogP contribution in [0.3, 0.4) is 0 Å². The number of aliphatic hydroxyl groups is 1. The average molecular weight is 290 g/mol. The van der Waals surface area contributed by atoms with Gasteiger partial charge in [-0.15, -0.1) is 0 Å². The van der Waals surface area contributed by atoms with Crippen molar-refractivity contribution >= 4 is 10.2 Å². The summed E-state index contributed by atoms with van der Waals surface area (Å²) >= 11 is 0. The van der Waals surface area contributed by atoms with Gasteiger partial charge in [-0.05, 0) is 12.8 Å². The Bertz CT molecular complexity index is 351. The third-order valence-corrected chi connectivity index (χ3v) is 4.32. The third kappa shape index (κ3) is 4.71. The predicted molar refractivity (Wildman–Crippen MR) is 59.0 cm³/mol. The van der Waals surface area contributed by atoms with Gasteiger partial charge in [-0.2, -0.15) is 30.6 Å². The van der Waals surface area contributed by atoms with E-state index >= 15 is 0 Å². The van der Waals surface area contributed by atoms with Crippen molar-refractivity contribution in [1.82, 2.24) is 9.03 Å². The number of aliphatic hydroxyl groups excluding tert-OH is 1. The van der Waals surface area contributed by atoms with Crippen molar-refractivity contribution < 1.29 is 26.7 Å². The fourth-order valence-corrected chi connectivity index (χ4v) is 2.96. The van der Waals surface area contributed by atoms with E-state index in [9.17, 15) is 21.6 Å². The Hall–Kier alpha value is -0.380. The van der Waals surface area contributed by atoms with Crippen LogP contribution >= 0.6 is 0 Å². The van der Waals surface area contributed by atoms with Crippen LogP contribution in [-0.2, 0) is 10.2 Å². The molecule has 1 rings (SSSR count). The first kappa shape index (κ1) is 15.7. The molecule has 108 valence electrons. The highest BCUT2D eigenvalue weighted by Crippen LogP contribution is 2.19. The summed E-state index contributed by atoms with van der Waals surface area (Å²) in [5.74, 6) is 0. The van der Waals surface area contributed by atoms with Crippen molar-refractivity contribution in [2.24, 2.45) is 0 Å². The van der Waals surface area contributed by atoms with Gasteiger partial charge in [0.25, 0.3) is 10.2 Å². The third-order valence-electron chi connectivity index (χ3n) is 2.74. The summed E-state index contributed by atoms with van der Waals surface area (Å²) in [6, 6.07) is 0. The number of alkyl halides is 3. The molecule has 5 nitrogen and oxygen atoms in total. The maximum atomic E-state index is 12.0. The van der Waals surface area contributed by atoms with Crippen LogP contribution in [0.5, 0.6) is 0 Å². The molecule has 1 heterocycles. The molecule has 0 aromatic carbocycles. The number of nitrogens with one attached hydrogen (secondary N) is 1. The Kier molecular flexibility index (Phi) is 5.38. The molecule has 1 atom stereocenters. The summed E-state index contributed by atoms with van der Waals surface area (Å²) in [5, 5.41) is 8.73. The molecule has 18 heavy (non-hydrogen) atoms. The fourth-order valence-electron chi connectivity index (χ4n) is 1.67. The maximum Gasteiger partial charge on any atom is 0.415 e. The van der Waals surface area contributed by atoms with Crippen molar-refractivity contribution in [3.8, 4) is 0 Å². The summed E-state index contributed by atoms with van der Waals surface area (Å²) in [5.41, 5.74) is 0. The zero-order valence-corrected chi connectivity index (χ0v) is 10.6. The van der Waals surface area contributed by atoms with Gasteiger partial charge in [0, 0.05) is 19.6 Å². The molecule has 0 saturated carbocycles. The highest BCUT2D eigenvalue weighted by atomic mass is 32.2. The van der Waals surface area contributed by atoms with Gasteiger partial charge in [0.15, 0.2) is 6.10 Å². The van der Waals surface area contributed by atoms with E-state index in [-0.39, 0.29) is 0 Å². The summed E-state index contributed by atoms with van der Waals surface area (Å²) in [6.07, 6.45) is -4.28. The van der Waals surface area contributed by atoms with Crippen LogP contribution < -0.4 is 4.72 Å². The van der Waals surface area contributed by atoms with Crippen molar-refractivity contribution in [1.29, 1.82) is 0 Å². The lowest BCUT2D eigenvalue weighted by Gasteiger charge is -2.22. The molecule has 1 aliphatic heterocycles. The summed E-state index contributed by atoms with van der Waals surface area (Å²) < 4.78 is 62.4. The monoisotopic (exact) mass is 290 g/mol. The number of nitrogens with zero attached hydrogens (tertiary/aromatic N) is 1. The zero-order valence-electron chi connectivity index (χ0n) is 9.78. The Labute approximate surface area is 104 Å². The van der Waals surface area contributed by atoms with Gasteiger partial charge in [0.1, 0.15) is 0 Å². The molecule has 1 saturated heterocycles. The van der Waals surface area contributed by atoms with E-state index in [1.807, 2.05) is 0 Å². The molecule has 0 spiro atoms. The largest absolute Gasteiger partial charge is 0.415 e. The SMILES string of the molecule is O=S(=O)(NCC(O)C(F)(F)F)N1CCCCCC1. The van der Waals surface area contributed by atoms with Gasteiger partial charge in [0.2, 0.25) is 0 Å². The van der Waals surface area contributed by atoms with Gasteiger partial charge in [-0.3, -0.25) is 0 Å². The molecule has 1 aliphatic rings. The Morgan fingerprint density at radius 2 is 1.67 bits per heavy atom. The molecule has 1 fully saturated rings. The molecule has 0 bridgehead atoms. The van der Waals surface area contributed by atoms with Gasteiger partial charge in [-0.25, -0.2) is 0 Å². The fraction of sp³-hybridized carbons (Fsp3) is 1.00. The summed E-state index contributed by atoms with van der Waals surface area (Å²) in [6.45, 7) is -0.447. The molecule has 0 amide bonds. The number of hydrogen-bond donors (Lipinski definition) is 2. The molecule has 2 N–H and O–H groups in total. The molecule has 0 radical (unpaired) electrons. The second-order valence-corrected chi connectivity index (χ2v) is 5.98. The van der Waals surface area contributed by atoms with Crippen molar-refractivity contribution in [3.05, 3.63) is 0 Å². The lowest BCUT2D eigenvalue weighted by atomic mass is 10.2. The summed E-state index contributed by atoms with van der Waals surface area (Å²) in [7, 11) is -3.94. The standard InChI is InChI=1S/C9H17F3N2O3S/c10-9(11,12)8(15)7-13-18(16,17)14-5-3-1-2-4-6-14/h8,13,15H,1-7H2. The Morgan fingerprint density at radius 1 is 1.17 bits per heavy atom. The first-order valence-electron chi connectivity index (χ1n) is 5.73. The number of rotatable bonds is 4. The van der Waals surface area contributed by atoms with E-state index < -0.39 is 29.0 Å². The normalized spacial score (nSPS) is 21.6. The van der Waals surface area contributed by atoms with E-state index in [4.69, 9.17) is 5.11 Å². The second kappa shape index (κ2) is 6.18. The lowest BCUT2D eigenvalue weighted by molar-refractivity contribution is -0.200. The highest BCUT2D eigenvalue weighted by Gasteiger charge is 2.39. The van der Waals surface area contributed by atoms with Crippen LogP contribution in [0.1, 0.15) is 25.7 Å². The summed E-state index contributed by atoms with van der Waals surface area (Å²) in [4.78, 5) is 0. The Morgan fingerprint density at radius 3 is 2.11 bits per heavy atom. The molecule has 0 aromatic heterocycles. The Balaban J connectivity index is 2.53. The van der Waals surface area contributed by atoms with Crippen molar-refractivity contribution in [3.63, 3.8) is 0 Å². The highest BCUT2D eigenvalue weighted by molar-refractivity contribution is 7.87. The van der Waals surface area contributed by atoms with E-state index in [2.05, 4.69) is 0 Å². The van der Waals surface area contributed by atoms with Crippen molar-refractivity contribution in [2.75, 3.05) is 19.6 Å². The first-order chi connectivity index (χ1) is 8.23. The molecule has 0 aliphatic carbocycles. The zero-order chi connectivity index (χ0) is 13.8. The van der Waals surface area contributed by atoms with E-state index in [1.54, 1.807) is 4.72 Å². The van der Waals surface area contributed by atoms with E-state index in [0.29, 0.717) is 25.9 Å². The van der Waals surface area contributed by atoms with Gasteiger partial charge in [0.05, 0.1) is 0 Å². The first-order valence-corrected chi connectivity index (χ1v) is 7.17.